The molecule has 1 N–H and O–H groups in total. The lowest BCUT2D eigenvalue weighted by atomic mass is 10.1. The Morgan fingerprint density at radius 3 is 2.65 bits per heavy atom. The van der Waals surface area contributed by atoms with Gasteiger partial charge in [-0.3, -0.25) is 9.78 Å². The molecule has 3 aromatic rings. The van der Waals surface area contributed by atoms with Crippen LogP contribution >= 0.6 is 0 Å². The van der Waals surface area contributed by atoms with E-state index in [2.05, 4.69) is 15.0 Å². The molecular formula is C18H14N2O3. The van der Waals surface area contributed by atoms with Gasteiger partial charge in [-0.25, -0.2) is 4.79 Å². The van der Waals surface area contributed by atoms with Crippen molar-refractivity contribution in [3.8, 4) is 0 Å². The molecule has 0 saturated heterocycles. The molecule has 5 heteroatoms. The molecular weight excluding hydrogens is 292 g/mol. The van der Waals surface area contributed by atoms with E-state index < -0.39 is 5.97 Å². The summed E-state index contributed by atoms with van der Waals surface area (Å²) in [5.74, 6) is -0.737. The first-order valence-corrected chi connectivity index (χ1v) is 7.02. The molecule has 1 aromatic heterocycles. The zero-order valence-electron chi connectivity index (χ0n) is 12.4. The highest BCUT2D eigenvalue weighted by Gasteiger charge is 2.10. The first-order valence-electron chi connectivity index (χ1n) is 7.02. The Hall–Kier alpha value is -3.21. The number of pyridine rings is 1. The van der Waals surface area contributed by atoms with Gasteiger partial charge in [-0.1, -0.05) is 24.3 Å². The van der Waals surface area contributed by atoms with E-state index in [4.69, 9.17) is 0 Å². The van der Waals surface area contributed by atoms with Crippen LogP contribution in [0.5, 0.6) is 0 Å². The highest BCUT2D eigenvalue weighted by molar-refractivity contribution is 6.06. The van der Waals surface area contributed by atoms with E-state index in [1.54, 1.807) is 30.3 Å². The molecule has 1 amide bonds. The van der Waals surface area contributed by atoms with E-state index >= 15 is 0 Å². The van der Waals surface area contributed by atoms with Crippen molar-refractivity contribution in [3.63, 3.8) is 0 Å². The number of carbonyl (C=O) groups excluding carboxylic acids is 2. The Bertz CT molecular complexity index is 890. The number of nitrogens with zero attached hydrogens (tertiary/aromatic N) is 1. The zero-order chi connectivity index (χ0) is 16.2. The van der Waals surface area contributed by atoms with E-state index in [1.807, 2.05) is 24.3 Å². The standard InChI is InChI=1S/C18H14N2O3/c1-23-18(22)13-6-4-7-15(10-13)20-17(21)14-9-12-5-2-3-8-16(12)19-11-14/h2-11H,1H3,(H,20,21). The monoisotopic (exact) mass is 306 g/mol. The van der Waals surface area contributed by atoms with Gasteiger partial charge in [0.1, 0.15) is 0 Å². The van der Waals surface area contributed by atoms with Crippen LogP contribution in [0.15, 0.2) is 60.8 Å². The average Bonchev–Trinajstić information content (AvgIpc) is 2.60. The Labute approximate surface area is 132 Å². The molecule has 5 nitrogen and oxygen atoms in total. The van der Waals surface area contributed by atoms with Crippen LogP contribution in [0.3, 0.4) is 0 Å². The summed E-state index contributed by atoms with van der Waals surface area (Å²) in [6, 6.07) is 15.9. The first kappa shape index (κ1) is 14.7. The molecule has 3 rings (SSSR count). The van der Waals surface area contributed by atoms with E-state index in [0.717, 1.165) is 10.9 Å². The van der Waals surface area contributed by atoms with Crippen molar-refractivity contribution < 1.29 is 14.3 Å². The average molecular weight is 306 g/mol. The molecule has 0 radical (unpaired) electrons. The van der Waals surface area contributed by atoms with Crippen molar-refractivity contribution >= 4 is 28.5 Å². The van der Waals surface area contributed by atoms with Gasteiger partial charge in [-0.15, -0.1) is 0 Å². The van der Waals surface area contributed by atoms with Gasteiger partial charge in [-0.05, 0) is 30.3 Å². The first-order chi connectivity index (χ1) is 11.2. The zero-order valence-corrected chi connectivity index (χ0v) is 12.4. The maximum atomic E-state index is 12.3. The summed E-state index contributed by atoms with van der Waals surface area (Å²) < 4.78 is 4.67. The fourth-order valence-corrected chi connectivity index (χ4v) is 2.24. The molecule has 0 bridgehead atoms. The molecule has 23 heavy (non-hydrogen) atoms. The number of fused-ring (bicyclic) bond motifs is 1. The van der Waals surface area contributed by atoms with E-state index in [9.17, 15) is 9.59 Å². The molecule has 0 atom stereocenters. The third-order valence-corrected chi connectivity index (χ3v) is 3.39. The number of carbonyl (C=O) groups is 2. The number of methoxy groups -OCH3 is 1. The molecule has 0 aliphatic carbocycles. The minimum Gasteiger partial charge on any atom is -0.465 e. The molecule has 0 saturated carbocycles. The van der Waals surface area contributed by atoms with Gasteiger partial charge in [0.2, 0.25) is 0 Å². The van der Waals surface area contributed by atoms with Gasteiger partial charge >= 0.3 is 5.97 Å². The molecule has 114 valence electrons. The summed E-state index contributed by atoms with van der Waals surface area (Å²) >= 11 is 0. The number of benzene rings is 2. The Morgan fingerprint density at radius 1 is 1.00 bits per heavy atom. The smallest absolute Gasteiger partial charge is 0.337 e. The highest BCUT2D eigenvalue weighted by atomic mass is 16.5. The second-order valence-electron chi connectivity index (χ2n) is 4.94. The Morgan fingerprint density at radius 2 is 1.83 bits per heavy atom. The minimum atomic E-state index is -0.450. The minimum absolute atomic E-state index is 0.287. The van der Waals surface area contributed by atoms with Gasteiger partial charge in [0.05, 0.1) is 23.8 Å². The van der Waals surface area contributed by atoms with Gasteiger partial charge in [0, 0.05) is 17.3 Å². The second-order valence-corrected chi connectivity index (χ2v) is 4.94. The highest BCUT2D eigenvalue weighted by Crippen LogP contribution is 2.16. The van der Waals surface area contributed by atoms with Crippen molar-refractivity contribution in [1.29, 1.82) is 0 Å². The van der Waals surface area contributed by atoms with Crippen LogP contribution in [0.2, 0.25) is 0 Å². The Balaban J connectivity index is 1.84. The molecule has 0 unspecified atom stereocenters. The number of para-hydroxylation sites is 1. The number of anilines is 1. The van der Waals surface area contributed by atoms with Gasteiger partial charge < -0.3 is 10.1 Å². The predicted molar refractivity (Wildman–Crippen MR) is 87.5 cm³/mol. The van der Waals surface area contributed by atoms with Crippen LogP contribution in [0.1, 0.15) is 20.7 Å². The molecule has 1 heterocycles. The van der Waals surface area contributed by atoms with Gasteiger partial charge in [0.15, 0.2) is 0 Å². The summed E-state index contributed by atoms with van der Waals surface area (Å²) in [6.45, 7) is 0. The maximum Gasteiger partial charge on any atom is 0.337 e. The van der Waals surface area contributed by atoms with Crippen LogP contribution < -0.4 is 5.32 Å². The van der Waals surface area contributed by atoms with Crippen LogP contribution in [-0.2, 0) is 4.74 Å². The van der Waals surface area contributed by atoms with Crippen molar-refractivity contribution in [2.45, 2.75) is 0 Å². The largest absolute Gasteiger partial charge is 0.465 e. The predicted octanol–water partition coefficient (Wildman–Crippen LogP) is 3.27. The van der Waals surface area contributed by atoms with Crippen LogP contribution in [0, 0.1) is 0 Å². The van der Waals surface area contributed by atoms with E-state index in [0.29, 0.717) is 16.8 Å². The number of hydrogen-bond donors (Lipinski definition) is 1. The lowest BCUT2D eigenvalue weighted by molar-refractivity contribution is 0.0600. The normalized spacial score (nSPS) is 10.3. The third kappa shape index (κ3) is 3.18. The fourth-order valence-electron chi connectivity index (χ4n) is 2.24. The summed E-state index contributed by atoms with van der Waals surface area (Å²) in [6.07, 6.45) is 1.53. The topological polar surface area (TPSA) is 68.3 Å². The number of esters is 1. The number of amides is 1. The summed E-state index contributed by atoms with van der Waals surface area (Å²) in [4.78, 5) is 28.1. The van der Waals surface area contributed by atoms with Crippen molar-refractivity contribution in [2.75, 3.05) is 12.4 Å². The summed E-state index contributed by atoms with van der Waals surface area (Å²) in [5, 5.41) is 3.65. The number of aromatic nitrogens is 1. The number of rotatable bonds is 3. The Kier molecular flexibility index (Phi) is 4.01. The van der Waals surface area contributed by atoms with Crippen molar-refractivity contribution in [2.24, 2.45) is 0 Å². The number of hydrogen-bond acceptors (Lipinski definition) is 4. The molecule has 0 fully saturated rings. The van der Waals surface area contributed by atoms with Gasteiger partial charge in [0.25, 0.3) is 5.91 Å². The quantitative estimate of drug-likeness (QED) is 0.754. The molecule has 2 aromatic carbocycles. The van der Waals surface area contributed by atoms with Crippen LogP contribution in [0.4, 0.5) is 5.69 Å². The second kappa shape index (κ2) is 6.27. The lowest BCUT2D eigenvalue weighted by Crippen LogP contribution is -2.13. The van der Waals surface area contributed by atoms with Crippen molar-refractivity contribution in [1.82, 2.24) is 4.98 Å². The number of nitrogens with one attached hydrogen (secondary N) is 1. The summed E-state index contributed by atoms with van der Waals surface area (Å²) in [5.41, 5.74) is 2.18. The lowest BCUT2D eigenvalue weighted by Gasteiger charge is -2.07. The van der Waals surface area contributed by atoms with Crippen LogP contribution in [0.25, 0.3) is 10.9 Å². The van der Waals surface area contributed by atoms with E-state index in [1.165, 1.54) is 13.3 Å². The van der Waals surface area contributed by atoms with E-state index in [-0.39, 0.29) is 5.91 Å². The van der Waals surface area contributed by atoms with Crippen LogP contribution in [-0.4, -0.2) is 24.0 Å². The fraction of sp³-hybridized carbons (Fsp3) is 0.0556. The maximum absolute atomic E-state index is 12.3. The SMILES string of the molecule is COC(=O)c1cccc(NC(=O)c2cnc3ccccc3c2)c1. The van der Waals surface area contributed by atoms with Gasteiger partial charge in [-0.2, -0.15) is 0 Å². The molecule has 0 aliphatic rings. The molecule has 0 aliphatic heterocycles. The van der Waals surface area contributed by atoms with Crippen molar-refractivity contribution in [3.05, 3.63) is 71.9 Å². The third-order valence-electron chi connectivity index (χ3n) is 3.39. The number of ether oxygens (including phenoxy) is 1. The molecule has 0 spiro atoms. The summed E-state index contributed by atoms with van der Waals surface area (Å²) in [7, 11) is 1.31.